The van der Waals surface area contributed by atoms with Gasteiger partial charge in [0.05, 0.1) is 0 Å². The number of rotatable bonds is 8. The highest BCUT2D eigenvalue weighted by molar-refractivity contribution is 4.85. The first kappa shape index (κ1) is 13.4. The summed E-state index contributed by atoms with van der Waals surface area (Å²) in [5.41, 5.74) is 0. The molecule has 0 aromatic heterocycles. The summed E-state index contributed by atoms with van der Waals surface area (Å²) in [5, 5.41) is 3.47. The molecular formula is C16H31N. The van der Waals surface area contributed by atoms with Gasteiger partial charge in [-0.15, -0.1) is 0 Å². The van der Waals surface area contributed by atoms with Gasteiger partial charge < -0.3 is 5.32 Å². The fraction of sp³-hybridized carbons (Fsp3) is 1.00. The molecule has 2 rings (SSSR count). The Kier molecular flexibility index (Phi) is 5.34. The molecule has 2 fully saturated rings. The quantitative estimate of drug-likeness (QED) is 0.623. The highest BCUT2D eigenvalue weighted by Gasteiger charge is 2.33. The molecule has 100 valence electrons. The van der Waals surface area contributed by atoms with Gasteiger partial charge in [0.15, 0.2) is 0 Å². The predicted octanol–water partition coefficient (Wildman–Crippen LogP) is 4.23. The maximum absolute atomic E-state index is 3.47. The van der Waals surface area contributed by atoms with Crippen molar-refractivity contribution in [3.8, 4) is 0 Å². The molecule has 0 bridgehead atoms. The molecule has 1 heteroatoms. The Morgan fingerprint density at radius 2 is 1.29 bits per heavy atom. The van der Waals surface area contributed by atoms with Crippen molar-refractivity contribution in [3.05, 3.63) is 0 Å². The Hall–Kier alpha value is -0.0400. The summed E-state index contributed by atoms with van der Waals surface area (Å²) in [7, 11) is 0. The van der Waals surface area contributed by atoms with E-state index in [1.165, 1.54) is 51.5 Å². The summed E-state index contributed by atoms with van der Waals surface area (Å²) in [6.07, 6.45) is 12.0. The highest BCUT2D eigenvalue weighted by atomic mass is 14.8. The molecule has 2 saturated carbocycles. The summed E-state index contributed by atoms with van der Waals surface area (Å²) in [4.78, 5) is 0. The van der Waals surface area contributed by atoms with Gasteiger partial charge >= 0.3 is 0 Å². The Labute approximate surface area is 108 Å². The van der Waals surface area contributed by atoms with E-state index in [1.54, 1.807) is 6.42 Å². The zero-order valence-corrected chi connectivity index (χ0v) is 11.9. The Morgan fingerprint density at radius 3 is 1.76 bits per heavy atom. The lowest BCUT2D eigenvalue weighted by molar-refractivity contribution is 0.103. The van der Waals surface area contributed by atoms with Gasteiger partial charge in [0, 0.05) is 0 Å². The van der Waals surface area contributed by atoms with Gasteiger partial charge in [-0.25, -0.2) is 0 Å². The van der Waals surface area contributed by atoms with Crippen LogP contribution in [0, 0.1) is 23.7 Å². The molecule has 1 nitrogen and oxygen atoms in total. The minimum Gasteiger partial charge on any atom is -0.317 e. The number of hydrogen-bond acceptors (Lipinski definition) is 1. The molecule has 0 saturated heterocycles. The first-order chi connectivity index (χ1) is 8.35. The molecule has 0 heterocycles. The summed E-state index contributed by atoms with van der Waals surface area (Å²) in [6, 6.07) is 0. The monoisotopic (exact) mass is 237 g/mol. The summed E-state index contributed by atoms with van der Waals surface area (Å²) < 4.78 is 0. The summed E-state index contributed by atoms with van der Waals surface area (Å²) >= 11 is 0. The van der Waals surface area contributed by atoms with E-state index in [0.717, 1.165) is 30.2 Å². The minimum absolute atomic E-state index is 1.06. The average Bonchev–Trinajstić information content (AvgIpc) is 2.27. The second kappa shape index (κ2) is 6.78. The molecule has 0 amide bonds. The predicted molar refractivity (Wildman–Crippen MR) is 75.1 cm³/mol. The average molecular weight is 237 g/mol. The van der Waals surface area contributed by atoms with Crippen molar-refractivity contribution in [2.24, 2.45) is 23.7 Å². The lowest BCUT2D eigenvalue weighted by atomic mass is 9.65. The van der Waals surface area contributed by atoms with E-state index in [2.05, 4.69) is 19.2 Å². The Balaban J connectivity index is 1.56. The second-order valence-corrected chi connectivity index (χ2v) is 6.32. The standard InChI is InChI=1S/C16H31N/c1-3-13-5-6-14(13)7-8-15-9-10-16(15)11-12-17-4-2/h13-17H,3-12H2,1-2H3. The second-order valence-electron chi connectivity index (χ2n) is 6.32. The van der Waals surface area contributed by atoms with Crippen LogP contribution in [0.25, 0.3) is 0 Å². The fourth-order valence-electron chi connectivity index (χ4n) is 3.85. The van der Waals surface area contributed by atoms with Crippen molar-refractivity contribution >= 4 is 0 Å². The van der Waals surface area contributed by atoms with E-state index in [0.29, 0.717) is 0 Å². The van der Waals surface area contributed by atoms with Gasteiger partial charge in [-0.2, -0.15) is 0 Å². The molecule has 0 radical (unpaired) electrons. The maximum atomic E-state index is 3.47. The first-order valence-electron chi connectivity index (χ1n) is 8.05. The highest BCUT2D eigenvalue weighted by Crippen LogP contribution is 2.45. The van der Waals surface area contributed by atoms with Crippen LogP contribution in [0.2, 0.25) is 0 Å². The summed E-state index contributed by atoms with van der Waals surface area (Å²) in [6.45, 7) is 6.97. The molecule has 1 N–H and O–H groups in total. The van der Waals surface area contributed by atoms with Crippen molar-refractivity contribution < 1.29 is 0 Å². The van der Waals surface area contributed by atoms with Crippen LogP contribution >= 0.6 is 0 Å². The number of nitrogens with one attached hydrogen (secondary N) is 1. The zero-order chi connectivity index (χ0) is 12.1. The number of hydrogen-bond donors (Lipinski definition) is 1. The van der Waals surface area contributed by atoms with Crippen LogP contribution < -0.4 is 5.32 Å². The van der Waals surface area contributed by atoms with Gasteiger partial charge in [-0.1, -0.05) is 20.3 Å². The molecule has 4 unspecified atom stereocenters. The van der Waals surface area contributed by atoms with Crippen LogP contribution in [0.5, 0.6) is 0 Å². The lowest BCUT2D eigenvalue weighted by Gasteiger charge is -2.41. The topological polar surface area (TPSA) is 12.0 Å². The third-order valence-electron chi connectivity index (χ3n) is 5.52. The van der Waals surface area contributed by atoms with Crippen LogP contribution in [-0.4, -0.2) is 13.1 Å². The van der Waals surface area contributed by atoms with E-state index in [-0.39, 0.29) is 0 Å². The molecule has 0 aliphatic heterocycles. The molecule has 17 heavy (non-hydrogen) atoms. The van der Waals surface area contributed by atoms with Crippen molar-refractivity contribution in [1.29, 1.82) is 0 Å². The molecule has 0 aromatic carbocycles. The van der Waals surface area contributed by atoms with Gasteiger partial charge in [0.1, 0.15) is 0 Å². The van der Waals surface area contributed by atoms with Gasteiger partial charge in [-0.3, -0.25) is 0 Å². The normalized spacial score (nSPS) is 36.4. The van der Waals surface area contributed by atoms with Crippen molar-refractivity contribution in [2.45, 2.75) is 65.2 Å². The Bertz CT molecular complexity index is 212. The molecule has 0 spiro atoms. The van der Waals surface area contributed by atoms with Gasteiger partial charge in [-0.05, 0) is 81.7 Å². The first-order valence-corrected chi connectivity index (χ1v) is 8.05. The van der Waals surface area contributed by atoms with E-state index in [9.17, 15) is 0 Å². The van der Waals surface area contributed by atoms with E-state index < -0.39 is 0 Å². The summed E-state index contributed by atoms with van der Waals surface area (Å²) in [5.74, 6) is 4.35. The van der Waals surface area contributed by atoms with Crippen molar-refractivity contribution in [2.75, 3.05) is 13.1 Å². The van der Waals surface area contributed by atoms with Gasteiger partial charge in [0.25, 0.3) is 0 Å². The molecule has 0 aromatic rings. The van der Waals surface area contributed by atoms with Crippen LogP contribution in [0.1, 0.15) is 65.2 Å². The third-order valence-corrected chi connectivity index (χ3v) is 5.52. The van der Waals surface area contributed by atoms with E-state index >= 15 is 0 Å². The van der Waals surface area contributed by atoms with Crippen LogP contribution in [0.3, 0.4) is 0 Å². The maximum Gasteiger partial charge on any atom is -0.00463 e. The largest absolute Gasteiger partial charge is 0.317 e. The van der Waals surface area contributed by atoms with Crippen molar-refractivity contribution in [3.63, 3.8) is 0 Å². The van der Waals surface area contributed by atoms with Crippen LogP contribution in [0.4, 0.5) is 0 Å². The zero-order valence-electron chi connectivity index (χ0n) is 11.9. The SMILES string of the molecule is CCNCCC1CCC1CCC1CCC1CC. The molecule has 2 aliphatic carbocycles. The molecular weight excluding hydrogens is 206 g/mol. The van der Waals surface area contributed by atoms with Crippen LogP contribution in [-0.2, 0) is 0 Å². The Morgan fingerprint density at radius 1 is 0.765 bits per heavy atom. The van der Waals surface area contributed by atoms with Gasteiger partial charge in [0.2, 0.25) is 0 Å². The van der Waals surface area contributed by atoms with Crippen LogP contribution in [0.15, 0.2) is 0 Å². The molecule has 2 aliphatic rings. The third kappa shape index (κ3) is 3.47. The molecule has 4 atom stereocenters. The lowest BCUT2D eigenvalue weighted by Crippen LogP contribution is -2.32. The van der Waals surface area contributed by atoms with Crippen molar-refractivity contribution in [1.82, 2.24) is 5.32 Å². The minimum atomic E-state index is 1.06. The fourth-order valence-corrected chi connectivity index (χ4v) is 3.85. The van der Waals surface area contributed by atoms with E-state index in [4.69, 9.17) is 0 Å². The van der Waals surface area contributed by atoms with E-state index in [1.807, 2.05) is 0 Å². The smallest absolute Gasteiger partial charge is 0.00463 e.